The first-order chi connectivity index (χ1) is 11.3. The number of para-hydroxylation sites is 1. The minimum absolute atomic E-state index is 0.583. The van der Waals surface area contributed by atoms with Crippen LogP contribution in [0, 0.1) is 0 Å². The summed E-state index contributed by atoms with van der Waals surface area (Å²) in [5.74, 6) is 0. The van der Waals surface area contributed by atoms with Crippen LogP contribution >= 0.6 is 0 Å². The van der Waals surface area contributed by atoms with Crippen molar-refractivity contribution in [2.24, 2.45) is 0 Å². The first kappa shape index (κ1) is 14.5. The number of nitrogens with zero attached hydrogens (tertiary/aromatic N) is 1. The lowest BCUT2D eigenvalue weighted by Crippen LogP contribution is -2.49. The maximum atomic E-state index is 3.48. The molecule has 2 heterocycles. The van der Waals surface area contributed by atoms with Crippen LogP contribution < -0.4 is 0 Å². The standard InChI is InChI=1S/C21H25N2/c1-23(16-17-9-3-2-4-10-17)14-8-7-13-21(23)19-15-22-20-12-6-5-11-18(19)20/h2-6,9-12,15,21-22H,7-8,13-14,16H2,1H3/q+1/t21-,23+/m0/s1. The first-order valence-corrected chi connectivity index (χ1v) is 8.70. The molecular weight excluding hydrogens is 280 g/mol. The van der Waals surface area contributed by atoms with Crippen molar-refractivity contribution in [3.63, 3.8) is 0 Å². The number of hydrogen-bond acceptors (Lipinski definition) is 0. The smallest absolute Gasteiger partial charge is 0.117 e. The molecule has 1 fully saturated rings. The highest BCUT2D eigenvalue weighted by atomic mass is 15.4. The van der Waals surface area contributed by atoms with Gasteiger partial charge in [-0.1, -0.05) is 48.5 Å². The van der Waals surface area contributed by atoms with Gasteiger partial charge < -0.3 is 9.47 Å². The second kappa shape index (κ2) is 5.86. The Morgan fingerprint density at radius 1 is 1.00 bits per heavy atom. The third kappa shape index (κ3) is 2.68. The first-order valence-electron chi connectivity index (χ1n) is 8.70. The molecule has 1 aliphatic heterocycles. The number of likely N-dealkylation sites (tertiary alicyclic amines) is 1. The fraction of sp³-hybridized carbons (Fsp3) is 0.333. The number of hydrogen-bond donors (Lipinski definition) is 1. The molecule has 1 saturated heterocycles. The van der Waals surface area contributed by atoms with Crippen molar-refractivity contribution in [1.29, 1.82) is 0 Å². The highest BCUT2D eigenvalue weighted by Crippen LogP contribution is 2.40. The van der Waals surface area contributed by atoms with Gasteiger partial charge in [-0.2, -0.15) is 0 Å². The van der Waals surface area contributed by atoms with Crippen LogP contribution in [0.2, 0.25) is 0 Å². The molecule has 118 valence electrons. The summed E-state index contributed by atoms with van der Waals surface area (Å²) in [5.41, 5.74) is 4.21. The van der Waals surface area contributed by atoms with E-state index in [0.29, 0.717) is 6.04 Å². The molecule has 23 heavy (non-hydrogen) atoms. The molecule has 1 N–H and O–H groups in total. The Balaban J connectivity index is 1.73. The summed E-state index contributed by atoms with van der Waals surface area (Å²) in [6.07, 6.45) is 6.21. The van der Waals surface area contributed by atoms with E-state index >= 15 is 0 Å². The summed E-state index contributed by atoms with van der Waals surface area (Å²) in [6.45, 7) is 2.38. The Morgan fingerprint density at radius 2 is 1.78 bits per heavy atom. The molecule has 0 unspecified atom stereocenters. The van der Waals surface area contributed by atoms with Gasteiger partial charge in [0, 0.05) is 34.6 Å². The van der Waals surface area contributed by atoms with Crippen molar-refractivity contribution in [3.05, 3.63) is 71.9 Å². The Kier molecular flexibility index (Phi) is 3.70. The molecule has 0 spiro atoms. The Bertz CT molecular complexity index is 790. The number of H-pyrrole nitrogens is 1. The minimum Gasteiger partial charge on any atom is -0.361 e. The number of aromatic nitrogens is 1. The van der Waals surface area contributed by atoms with Crippen molar-refractivity contribution in [3.8, 4) is 0 Å². The predicted octanol–water partition coefficient (Wildman–Crippen LogP) is 5.04. The molecule has 2 aromatic carbocycles. The molecule has 0 aliphatic carbocycles. The van der Waals surface area contributed by atoms with Crippen LogP contribution in [-0.4, -0.2) is 23.1 Å². The zero-order valence-electron chi connectivity index (χ0n) is 13.8. The number of benzene rings is 2. The molecule has 2 nitrogen and oxygen atoms in total. The van der Waals surface area contributed by atoms with E-state index in [1.54, 1.807) is 0 Å². The van der Waals surface area contributed by atoms with Crippen molar-refractivity contribution in [2.45, 2.75) is 31.8 Å². The van der Waals surface area contributed by atoms with Gasteiger partial charge in [-0.15, -0.1) is 0 Å². The third-order valence-corrected chi connectivity index (χ3v) is 5.52. The number of rotatable bonds is 3. The molecule has 0 saturated carbocycles. The normalized spacial score (nSPS) is 24.8. The molecule has 4 rings (SSSR count). The fourth-order valence-corrected chi connectivity index (χ4v) is 4.33. The van der Waals surface area contributed by atoms with Crippen LogP contribution in [0.5, 0.6) is 0 Å². The molecule has 3 aromatic rings. The fourth-order valence-electron chi connectivity index (χ4n) is 4.33. The number of quaternary nitrogens is 1. The lowest BCUT2D eigenvalue weighted by atomic mass is 9.91. The Hall–Kier alpha value is -2.06. The van der Waals surface area contributed by atoms with Gasteiger partial charge >= 0.3 is 0 Å². The molecule has 2 atom stereocenters. The van der Waals surface area contributed by atoms with Crippen LogP contribution in [-0.2, 0) is 6.54 Å². The number of piperidine rings is 1. The average Bonchev–Trinajstić information content (AvgIpc) is 3.00. The van der Waals surface area contributed by atoms with Gasteiger partial charge in [-0.3, -0.25) is 0 Å². The zero-order valence-corrected chi connectivity index (χ0v) is 13.8. The van der Waals surface area contributed by atoms with Crippen LogP contribution in [0.15, 0.2) is 60.8 Å². The molecular formula is C21H25N2+. The van der Waals surface area contributed by atoms with Crippen molar-refractivity contribution >= 4 is 10.9 Å². The molecule has 2 heteroatoms. The minimum atomic E-state index is 0.583. The molecule has 0 bridgehead atoms. The molecule has 0 radical (unpaired) electrons. The van der Waals surface area contributed by atoms with E-state index in [-0.39, 0.29) is 0 Å². The highest BCUT2D eigenvalue weighted by Gasteiger charge is 2.37. The predicted molar refractivity (Wildman–Crippen MR) is 96.1 cm³/mol. The van der Waals surface area contributed by atoms with E-state index in [9.17, 15) is 0 Å². The SMILES string of the molecule is C[N@+]1(Cc2ccccc2)CCCC[C@H]1c1c[nH]c2ccccc12. The van der Waals surface area contributed by atoms with Crippen LogP contribution in [0.1, 0.15) is 36.4 Å². The van der Waals surface area contributed by atoms with Gasteiger partial charge in [0.05, 0.1) is 13.6 Å². The second-order valence-electron chi connectivity index (χ2n) is 7.15. The number of fused-ring (bicyclic) bond motifs is 1. The number of aromatic amines is 1. The summed E-state index contributed by atoms with van der Waals surface area (Å²) in [4.78, 5) is 3.48. The van der Waals surface area contributed by atoms with Crippen LogP contribution in [0.25, 0.3) is 10.9 Å². The average molecular weight is 305 g/mol. The summed E-state index contributed by atoms with van der Waals surface area (Å²) >= 11 is 0. The summed E-state index contributed by atoms with van der Waals surface area (Å²) < 4.78 is 1.12. The second-order valence-corrected chi connectivity index (χ2v) is 7.15. The summed E-state index contributed by atoms with van der Waals surface area (Å²) in [5, 5.41) is 1.40. The highest BCUT2D eigenvalue weighted by molar-refractivity contribution is 5.83. The Morgan fingerprint density at radius 3 is 2.65 bits per heavy atom. The largest absolute Gasteiger partial charge is 0.361 e. The monoisotopic (exact) mass is 305 g/mol. The lowest BCUT2D eigenvalue weighted by Gasteiger charge is -2.45. The van der Waals surface area contributed by atoms with E-state index in [1.807, 2.05) is 0 Å². The van der Waals surface area contributed by atoms with Gasteiger partial charge in [0.25, 0.3) is 0 Å². The van der Waals surface area contributed by atoms with Crippen LogP contribution in [0.3, 0.4) is 0 Å². The summed E-state index contributed by atoms with van der Waals surface area (Å²) in [7, 11) is 2.44. The zero-order chi connectivity index (χ0) is 15.7. The van der Waals surface area contributed by atoms with Crippen molar-refractivity contribution in [2.75, 3.05) is 13.6 Å². The maximum absolute atomic E-state index is 3.48. The van der Waals surface area contributed by atoms with E-state index in [0.717, 1.165) is 11.0 Å². The van der Waals surface area contributed by atoms with Gasteiger partial charge in [-0.05, 0) is 18.9 Å². The number of nitrogens with one attached hydrogen (secondary N) is 1. The summed E-state index contributed by atoms with van der Waals surface area (Å²) in [6, 6.07) is 20.3. The van der Waals surface area contributed by atoms with Gasteiger partial charge in [0.1, 0.15) is 12.6 Å². The van der Waals surface area contributed by atoms with E-state index < -0.39 is 0 Å². The quantitative estimate of drug-likeness (QED) is 0.653. The van der Waals surface area contributed by atoms with Crippen molar-refractivity contribution < 1.29 is 4.48 Å². The third-order valence-electron chi connectivity index (χ3n) is 5.52. The van der Waals surface area contributed by atoms with Crippen molar-refractivity contribution in [1.82, 2.24) is 4.98 Å². The lowest BCUT2D eigenvalue weighted by molar-refractivity contribution is -0.956. The maximum Gasteiger partial charge on any atom is 0.117 e. The van der Waals surface area contributed by atoms with Gasteiger partial charge in [-0.25, -0.2) is 0 Å². The molecule has 0 amide bonds. The molecule has 1 aromatic heterocycles. The van der Waals surface area contributed by atoms with E-state index in [1.165, 1.54) is 47.8 Å². The Labute approximate surface area is 138 Å². The van der Waals surface area contributed by atoms with Gasteiger partial charge in [0.2, 0.25) is 0 Å². The van der Waals surface area contributed by atoms with E-state index in [2.05, 4.69) is 72.8 Å². The van der Waals surface area contributed by atoms with E-state index in [4.69, 9.17) is 0 Å². The van der Waals surface area contributed by atoms with Gasteiger partial charge in [0.15, 0.2) is 0 Å². The molecule has 1 aliphatic rings. The topological polar surface area (TPSA) is 15.8 Å². The van der Waals surface area contributed by atoms with Crippen LogP contribution in [0.4, 0.5) is 0 Å².